The minimum absolute atomic E-state index is 0.0985. The van der Waals surface area contributed by atoms with Crippen molar-refractivity contribution in [3.8, 4) is 0 Å². The van der Waals surface area contributed by atoms with Crippen molar-refractivity contribution in [3.05, 3.63) is 35.4 Å². The van der Waals surface area contributed by atoms with Gasteiger partial charge in [-0.2, -0.15) is 0 Å². The third-order valence-electron chi connectivity index (χ3n) is 6.47. The predicted molar refractivity (Wildman–Crippen MR) is 119 cm³/mol. The van der Waals surface area contributed by atoms with Crippen molar-refractivity contribution in [3.63, 3.8) is 0 Å². The number of alkyl carbamates (subject to hydrolysis) is 1. The molecule has 1 N–H and O–H groups in total. The molecule has 7 nitrogen and oxygen atoms in total. The van der Waals surface area contributed by atoms with Crippen LogP contribution in [0.1, 0.15) is 63.2 Å². The molecule has 1 aliphatic rings. The van der Waals surface area contributed by atoms with Crippen LogP contribution in [0, 0.1) is 5.92 Å². The number of methoxy groups -OCH3 is 4. The maximum absolute atomic E-state index is 11.3. The highest BCUT2D eigenvalue weighted by atomic mass is 16.7. The first kappa shape index (κ1) is 25.6. The highest BCUT2D eigenvalue weighted by molar-refractivity contribution is 5.66. The number of ether oxygens (including phenoxy) is 5. The van der Waals surface area contributed by atoms with E-state index < -0.39 is 11.4 Å². The molecule has 2 rings (SSSR count). The number of amides is 1. The summed E-state index contributed by atoms with van der Waals surface area (Å²) >= 11 is 0. The zero-order valence-electron chi connectivity index (χ0n) is 19.9. The largest absolute Gasteiger partial charge is 0.450 e. The van der Waals surface area contributed by atoms with E-state index in [9.17, 15) is 4.79 Å². The van der Waals surface area contributed by atoms with E-state index in [4.69, 9.17) is 23.7 Å². The number of unbranched alkanes of at least 4 members (excludes halogenated alkanes) is 3. The summed E-state index contributed by atoms with van der Waals surface area (Å²) in [6.07, 6.45) is 4.18. The molecule has 0 aliphatic heterocycles. The summed E-state index contributed by atoms with van der Waals surface area (Å²) in [7, 11) is 6.74. The standard InChI is InChI=1S/C24H39NO6/c1-7-25-22(26)31-17-13-9-8-10-14-18(2)23(28-4)21(27-3)19-15-11-12-16-20(19)24(23,29-5)30-6/h11-12,15-16,18,21H,7-10,13-14,17H2,1-6H3,(H,25,26). The van der Waals surface area contributed by atoms with Gasteiger partial charge in [-0.1, -0.05) is 50.5 Å². The minimum atomic E-state index is -1.06. The number of fused-ring (bicyclic) bond motifs is 1. The molecule has 0 aromatic heterocycles. The Labute approximate surface area is 186 Å². The fourth-order valence-corrected chi connectivity index (χ4v) is 5.07. The van der Waals surface area contributed by atoms with Crippen molar-refractivity contribution >= 4 is 6.09 Å². The molecular formula is C24H39NO6. The Balaban J connectivity index is 2.05. The molecule has 3 atom stereocenters. The van der Waals surface area contributed by atoms with Crippen molar-refractivity contribution < 1.29 is 28.5 Å². The number of hydrogen-bond acceptors (Lipinski definition) is 6. The molecule has 0 saturated carbocycles. The zero-order valence-corrected chi connectivity index (χ0v) is 19.9. The van der Waals surface area contributed by atoms with Gasteiger partial charge in [0.25, 0.3) is 0 Å². The number of hydrogen-bond donors (Lipinski definition) is 1. The topological polar surface area (TPSA) is 75.3 Å². The molecule has 0 fully saturated rings. The molecule has 1 aliphatic carbocycles. The zero-order chi connectivity index (χ0) is 22.9. The summed E-state index contributed by atoms with van der Waals surface area (Å²) in [6.45, 7) is 5.07. The van der Waals surface area contributed by atoms with Gasteiger partial charge in [0.05, 0.1) is 6.61 Å². The van der Waals surface area contributed by atoms with Crippen LogP contribution >= 0.6 is 0 Å². The molecule has 176 valence electrons. The van der Waals surface area contributed by atoms with E-state index in [0.29, 0.717) is 13.2 Å². The fourth-order valence-electron chi connectivity index (χ4n) is 5.07. The van der Waals surface area contributed by atoms with E-state index in [0.717, 1.165) is 43.2 Å². The number of benzene rings is 1. The Morgan fingerprint density at radius 3 is 2.32 bits per heavy atom. The van der Waals surface area contributed by atoms with E-state index in [1.807, 2.05) is 25.1 Å². The molecule has 0 heterocycles. The molecule has 0 spiro atoms. The van der Waals surface area contributed by atoms with Gasteiger partial charge in [-0.3, -0.25) is 0 Å². The fraction of sp³-hybridized carbons (Fsp3) is 0.708. The first-order valence-corrected chi connectivity index (χ1v) is 11.2. The van der Waals surface area contributed by atoms with E-state index in [2.05, 4.69) is 18.3 Å². The minimum Gasteiger partial charge on any atom is -0.450 e. The van der Waals surface area contributed by atoms with Crippen LogP contribution in [0.2, 0.25) is 0 Å². The molecule has 0 radical (unpaired) electrons. The SMILES string of the molecule is CCNC(=O)OCCCCCCC(C)C1(OC)C(OC)c2ccccc2C1(OC)OC. The van der Waals surface area contributed by atoms with Crippen LogP contribution in [-0.4, -0.2) is 53.3 Å². The number of carbonyl (C=O) groups is 1. The highest BCUT2D eigenvalue weighted by Gasteiger charge is 2.68. The summed E-state index contributed by atoms with van der Waals surface area (Å²) in [6, 6.07) is 8.06. The summed E-state index contributed by atoms with van der Waals surface area (Å²) < 4.78 is 29.5. The summed E-state index contributed by atoms with van der Waals surface area (Å²) in [5.41, 5.74) is 1.16. The summed E-state index contributed by atoms with van der Waals surface area (Å²) in [5, 5.41) is 2.63. The molecule has 1 aromatic carbocycles. The van der Waals surface area contributed by atoms with Gasteiger partial charge >= 0.3 is 6.09 Å². The van der Waals surface area contributed by atoms with Gasteiger partial charge in [-0.25, -0.2) is 4.79 Å². The third kappa shape index (κ3) is 4.75. The lowest BCUT2D eigenvalue weighted by molar-refractivity contribution is -0.347. The molecule has 1 amide bonds. The van der Waals surface area contributed by atoms with Crippen molar-refractivity contribution in [2.24, 2.45) is 5.92 Å². The normalized spacial score (nSPS) is 22.7. The van der Waals surface area contributed by atoms with E-state index in [1.165, 1.54) is 0 Å². The van der Waals surface area contributed by atoms with Crippen LogP contribution in [0.4, 0.5) is 4.79 Å². The molecule has 0 saturated heterocycles. The second-order valence-electron chi connectivity index (χ2n) is 8.00. The van der Waals surface area contributed by atoms with Crippen molar-refractivity contribution in [1.82, 2.24) is 5.32 Å². The monoisotopic (exact) mass is 437 g/mol. The van der Waals surface area contributed by atoms with Crippen LogP contribution in [0.15, 0.2) is 24.3 Å². The van der Waals surface area contributed by atoms with Crippen LogP contribution in [0.25, 0.3) is 0 Å². The Kier molecular flexibility index (Phi) is 9.75. The van der Waals surface area contributed by atoms with Crippen LogP contribution in [0.3, 0.4) is 0 Å². The summed E-state index contributed by atoms with van der Waals surface area (Å²) in [5.74, 6) is -0.958. The second-order valence-corrected chi connectivity index (χ2v) is 8.00. The Bertz CT molecular complexity index is 692. The predicted octanol–water partition coefficient (Wildman–Crippen LogP) is 4.55. The van der Waals surface area contributed by atoms with Gasteiger partial charge in [0.15, 0.2) is 5.60 Å². The smallest absolute Gasteiger partial charge is 0.407 e. The summed E-state index contributed by atoms with van der Waals surface area (Å²) in [4.78, 5) is 11.3. The lowest BCUT2D eigenvalue weighted by Crippen LogP contribution is -2.59. The van der Waals surface area contributed by atoms with E-state index in [-0.39, 0.29) is 18.1 Å². The second kappa shape index (κ2) is 11.8. The Morgan fingerprint density at radius 1 is 1.03 bits per heavy atom. The maximum Gasteiger partial charge on any atom is 0.407 e. The van der Waals surface area contributed by atoms with Crippen LogP contribution in [0.5, 0.6) is 0 Å². The molecule has 7 heteroatoms. The van der Waals surface area contributed by atoms with E-state index >= 15 is 0 Å². The van der Waals surface area contributed by atoms with Crippen LogP contribution < -0.4 is 5.32 Å². The van der Waals surface area contributed by atoms with Gasteiger partial charge in [-0.15, -0.1) is 0 Å². The van der Waals surface area contributed by atoms with Gasteiger partial charge in [0, 0.05) is 40.5 Å². The van der Waals surface area contributed by atoms with Gasteiger partial charge in [-0.05, 0) is 31.2 Å². The van der Waals surface area contributed by atoms with Crippen molar-refractivity contribution in [1.29, 1.82) is 0 Å². The first-order chi connectivity index (χ1) is 15.0. The molecular weight excluding hydrogens is 398 g/mol. The van der Waals surface area contributed by atoms with E-state index in [1.54, 1.807) is 28.4 Å². The van der Waals surface area contributed by atoms with Crippen LogP contribution in [-0.2, 0) is 29.5 Å². The average Bonchev–Trinajstić information content (AvgIpc) is 3.04. The number of nitrogens with one attached hydrogen (secondary N) is 1. The van der Waals surface area contributed by atoms with Crippen molar-refractivity contribution in [2.45, 2.75) is 63.4 Å². The number of carbonyl (C=O) groups excluding carboxylic acids is 1. The molecule has 31 heavy (non-hydrogen) atoms. The third-order valence-corrected chi connectivity index (χ3v) is 6.47. The van der Waals surface area contributed by atoms with Gasteiger partial charge in [0.1, 0.15) is 6.10 Å². The van der Waals surface area contributed by atoms with Crippen molar-refractivity contribution in [2.75, 3.05) is 41.6 Å². The molecule has 0 bridgehead atoms. The first-order valence-electron chi connectivity index (χ1n) is 11.2. The van der Waals surface area contributed by atoms with Gasteiger partial charge < -0.3 is 29.0 Å². The molecule has 3 unspecified atom stereocenters. The average molecular weight is 438 g/mol. The van der Waals surface area contributed by atoms with Gasteiger partial charge in [0.2, 0.25) is 5.79 Å². The number of rotatable bonds is 13. The lowest BCUT2D eigenvalue weighted by Gasteiger charge is -2.48. The Morgan fingerprint density at radius 2 is 1.71 bits per heavy atom. The molecule has 1 aromatic rings. The Hall–Kier alpha value is -1.67. The maximum atomic E-state index is 11.3. The quantitative estimate of drug-likeness (QED) is 0.360. The highest BCUT2D eigenvalue weighted by Crippen LogP contribution is 2.60. The lowest BCUT2D eigenvalue weighted by atomic mass is 9.76.